The Morgan fingerprint density at radius 3 is 2.93 bits per heavy atom. The van der Waals surface area contributed by atoms with Crippen molar-refractivity contribution >= 4 is 5.97 Å². The van der Waals surface area contributed by atoms with Crippen molar-refractivity contribution in [1.29, 1.82) is 0 Å². The highest BCUT2D eigenvalue weighted by Crippen LogP contribution is 2.00. The summed E-state index contributed by atoms with van der Waals surface area (Å²) in [4.78, 5) is 15.4. The minimum absolute atomic E-state index is 0.192. The first-order valence-electron chi connectivity index (χ1n) is 4.92. The molecule has 0 saturated heterocycles. The van der Waals surface area contributed by atoms with E-state index in [0.717, 1.165) is 5.69 Å². The molecule has 0 N–H and O–H groups in total. The normalized spacial score (nSPS) is 12.1. The summed E-state index contributed by atoms with van der Waals surface area (Å²) in [6.07, 6.45) is 1.15. The first kappa shape index (κ1) is 11.7. The number of esters is 1. The molecule has 4 nitrogen and oxygen atoms in total. The van der Waals surface area contributed by atoms with E-state index in [-0.39, 0.29) is 12.6 Å². The van der Waals surface area contributed by atoms with E-state index in [9.17, 15) is 4.79 Å². The quantitative estimate of drug-likeness (QED) is 0.690. The fraction of sp³-hybridized carbons (Fsp3) is 0.455. The lowest BCUT2D eigenvalue weighted by atomic mass is 10.3. The second kappa shape index (κ2) is 6.14. The van der Waals surface area contributed by atoms with E-state index in [2.05, 4.69) is 4.98 Å². The van der Waals surface area contributed by atoms with Crippen LogP contribution >= 0.6 is 0 Å². The summed E-state index contributed by atoms with van der Waals surface area (Å²) in [5.74, 6) is -0.359. The van der Waals surface area contributed by atoms with Crippen LogP contribution in [0.15, 0.2) is 24.4 Å². The molecule has 1 unspecified atom stereocenters. The van der Waals surface area contributed by atoms with Gasteiger partial charge < -0.3 is 9.47 Å². The van der Waals surface area contributed by atoms with Crippen LogP contribution < -0.4 is 0 Å². The smallest absolute Gasteiger partial charge is 0.335 e. The minimum atomic E-state index is -0.515. The molecular weight excluding hydrogens is 194 g/mol. The number of ether oxygens (including phenoxy) is 2. The third-order valence-corrected chi connectivity index (χ3v) is 1.84. The van der Waals surface area contributed by atoms with Gasteiger partial charge in [0.2, 0.25) is 0 Å². The number of carbonyl (C=O) groups excluding carboxylic acids is 1. The van der Waals surface area contributed by atoms with Crippen LogP contribution in [0.25, 0.3) is 0 Å². The van der Waals surface area contributed by atoms with Crippen molar-refractivity contribution in [3.05, 3.63) is 30.1 Å². The van der Waals surface area contributed by atoms with Crippen molar-refractivity contribution in [1.82, 2.24) is 4.98 Å². The van der Waals surface area contributed by atoms with E-state index < -0.39 is 6.10 Å². The number of hydrogen-bond acceptors (Lipinski definition) is 4. The molecule has 4 heteroatoms. The van der Waals surface area contributed by atoms with Crippen molar-refractivity contribution in [2.75, 3.05) is 6.61 Å². The zero-order valence-electron chi connectivity index (χ0n) is 8.97. The zero-order chi connectivity index (χ0) is 11.1. The van der Waals surface area contributed by atoms with Gasteiger partial charge in [-0.1, -0.05) is 6.07 Å². The van der Waals surface area contributed by atoms with Crippen molar-refractivity contribution < 1.29 is 14.3 Å². The average molecular weight is 209 g/mol. The lowest BCUT2D eigenvalue weighted by Gasteiger charge is -2.10. The second-order valence-electron chi connectivity index (χ2n) is 3.03. The predicted molar refractivity (Wildman–Crippen MR) is 55.1 cm³/mol. The highest BCUT2D eigenvalue weighted by Gasteiger charge is 2.13. The Morgan fingerprint density at radius 2 is 2.33 bits per heavy atom. The average Bonchev–Trinajstić information content (AvgIpc) is 2.27. The topological polar surface area (TPSA) is 48.4 Å². The van der Waals surface area contributed by atoms with Crippen LogP contribution in [0.5, 0.6) is 0 Å². The molecule has 0 aliphatic heterocycles. The van der Waals surface area contributed by atoms with E-state index in [4.69, 9.17) is 9.47 Å². The molecule has 0 fully saturated rings. The predicted octanol–water partition coefficient (Wildman–Crippen LogP) is 1.55. The summed E-state index contributed by atoms with van der Waals surface area (Å²) in [5.41, 5.74) is 0.731. The first-order chi connectivity index (χ1) is 7.24. The molecule has 0 aliphatic carbocycles. The lowest BCUT2D eigenvalue weighted by Crippen LogP contribution is -2.23. The molecule has 0 radical (unpaired) electrons. The van der Waals surface area contributed by atoms with Gasteiger partial charge in [0.15, 0.2) is 6.10 Å². The van der Waals surface area contributed by atoms with Crippen molar-refractivity contribution in [2.45, 2.75) is 26.6 Å². The summed E-state index contributed by atoms with van der Waals surface area (Å²) in [5, 5.41) is 0. The van der Waals surface area contributed by atoms with E-state index in [1.54, 1.807) is 19.2 Å². The SMILES string of the molecule is CCOC(C)C(=O)OCc1ccccn1. The number of carbonyl (C=O) groups is 1. The lowest BCUT2D eigenvalue weighted by molar-refractivity contribution is -0.157. The van der Waals surface area contributed by atoms with Crippen LogP contribution in [0.2, 0.25) is 0 Å². The molecule has 1 heterocycles. The minimum Gasteiger partial charge on any atom is -0.457 e. The van der Waals surface area contributed by atoms with Gasteiger partial charge in [0.25, 0.3) is 0 Å². The Hall–Kier alpha value is -1.42. The molecule has 1 aromatic heterocycles. The molecule has 0 saturated carbocycles. The van der Waals surface area contributed by atoms with Gasteiger partial charge in [-0.2, -0.15) is 0 Å². The van der Waals surface area contributed by atoms with Crippen molar-refractivity contribution in [3.8, 4) is 0 Å². The third kappa shape index (κ3) is 4.08. The number of pyridine rings is 1. The Morgan fingerprint density at radius 1 is 1.53 bits per heavy atom. The number of nitrogens with zero attached hydrogens (tertiary/aromatic N) is 1. The molecule has 0 spiro atoms. The van der Waals surface area contributed by atoms with Crippen molar-refractivity contribution in [2.24, 2.45) is 0 Å². The van der Waals surface area contributed by atoms with Crippen LogP contribution in [0.4, 0.5) is 0 Å². The van der Waals surface area contributed by atoms with Crippen LogP contribution in [0.1, 0.15) is 19.5 Å². The maximum atomic E-state index is 11.3. The van der Waals surface area contributed by atoms with E-state index in [1.807, 2.05) is 19.1 Å². The van der Waals surface area contributed by atoms with Gasteiger partial charge in [-0.15, -0.1) is 0 Å². The Kier molecular flexibility index (Phi) is 4.77. The maximum Gasteiger partial charge on any atom is 0.335 e. The van der Waals surface area contributed by atoms with Gasteiger partial charge in [-0.3, -0.25) is 4.98 Å². The number of rotatable bonds is 5. The van der Waals surface area contributed by atoms with Crippen LogP contribution in [-0.4, -0.2) is 23.7 Å². The van der Waals surface area contributed by atoms with Gasteiger partial charge in [0.05, 0.1) is 5.69 Å². The largest absolute Gasteiger partial charge is 0.457 e. The molecule has 1 rings (SSSR count). The van der Waals surface area contributed by atoms with Gasteiger partial charge in [-0.25, -0.2) is 4.79 Å². The molecule has 0 aromatic carbocycles. The van der Waals surface area contributed by atoms with Crippen LogP contribution in [0.3, 0.4) is 0 Å². The van der Waals surface area contributed by atoms with Gasteiger partial charge in [0, 0.05) is 12.8 Å². The maximum absolute atomic E-state index is 11.3. The fourth-order valence-electron chi connectivity index (χ4n) is 1.06. The highest BCUT2D eigenvalue weighted by molar-refractivity contribution is 5.74. The standard InChI is InChI=1S/C11H15NO3/c1-3-14-9(2)11(13)15-8-10-6-4-5-7-12-10/h4-7,9H,3,8H2,1-2H3. The second-order valence-corrected chi connectivity index (χ2v) is 3.03. The number of aromatic nitrogens is 1. The third-order valence-electron chi connectivity index (χ3n) is 1.84. The molecular formula is C11H15NO3. The first-order valence-corrected chi connectivity index (χ1v) is 4.92. The fourth-order valence-corrected chi connectivity index (χ4v) is 1.06. The van der Waals surface area contributed by atoms with E-state index >= 15 is 0 Å². The summed E-state index contributed by atoms with van der Waals surface area (Å²) in [6.45, 7) is 4.20. The van der Waals surface area contributed by atoms with Crippen LogP contribution in [0, 0.1) is 0 Å². The molecule has 0 amide bonds. The molecule has 1 atom stereocenters. The van der Waals surface area contributed by atoms with E-state index in [0.29, 0.717) is 6.61 Å². The molecule has 0 aliphatic rings. The molecule has 15 heavy (non-hydrogen) atoms. The molecule has 1 aromatic rings. The summed E-state index contributed by atoms with van der Waals surface area (Å²) >= 11 is 0. The van der Waals surface area contributed by atoms with Gasteiger partial charge >= 0.3 is 5.97 Å². The monoisotopic (exact) mass is 209 g/mol. The zero-order valence-corrected chi connectivity index (χ0v) is 8.97. The molecule has 0 bridgehead atoms. The Labute approximate surface area is 89.2 Å². The summed E-state index contributed by atoms with van der Waals surface area (Å²) < 4.78 is 10.1. The van der Waals surface area contributed by atoms with Gasteiger partial charge in [0.1, 0.15) is 6.61 Å². The highest BCUT2D eigenvalue weighted by atomic mass is 16.6. The van der Waals surface area contributed by atoms with Gasteiger partial charge in [-0.05, 0) is 26.0 Å². The van der Waals surface area contributed by atoms with Crippen LogP contribution in [-0.2, 0) is 20.9 Å². The molecule has 82 valence electrons. The summed E-state index contributed by atoms with van der Waals surface area (Å²) in [7, 11) is 0. The number of hydrogen-bond donors (Lipinski definition) is 0. The Bertz CT molecular complexity index is 300. The summed E-state index contributed by atoms with van der Waals surface area (Å²) in [6, 6.07) is 5.47. The Balaban J connectivity index is 2.34. The van der Waals surface area contributed by atoms with Crippen molar-refractivity contribution in [3.63, 3.8) is 0 Å². The van der Waals surface area contributed by atoms with E-state index in [1.165, 1.54) is 0 Å².